The van der Waals surface area contributed by atoms with Crippen LogP contribution in [0.2, 0.25) is 0 Å². The van der Waals surface area contributed by atoms with Crippen LogP contribution in [0.25, 0.3) is 11.0 Å². The van der Waals surface area contributed by atoms with Crippen molar-refractivity contribution in [3.63, 3.8) is 0 Å². The third kappa shape index (κ3) is 10.8. The zero-order valence-electron chi connectivity index (χ0n) is 44.4. The van der Waals surface area contributed by atoms with Crippen LogP contribution in [0.3, 0.4) is 0 Å². The number of aromatic amines is 1. The van der Waals surface area contributed by atoms with Crippen molar-refractivity contribution in [1.29, 1.82) is 0 Å². The molecule has 6 aromatic rings. The Morgan fingerprint density at radius 2 is 1.72 bits per heavy atom. The van der Waals surface area contributed by atoms with Gasteiger partial charge < -0.3 is 39.3 Å². The molecule has 78 heavy (non-hydrogen) atoms. The number of aliphatic hydroxyl groups is 1. The molecule has 2 aliphatic carbocycles. The van der Waals surface area contributed by atoms with Gasteiger partial charge in [0.1, 0.15) is 33.6 Å². The van der Waals surface area contributed by atoms with Crippen LogP contribution in [0, 0.1) is 27.3 Å². The van der Waals surface area contributed by atoms with Crippen LogP contribution in [0.4, 0.5) is 21.5 Å². The summed E-state index contributed by atoms with van der Waals surface area (Å²) in [7, 11) is -3.27. The molecule has 1 spiro atoms. The molecule has 4 aromatic carbocycles. The number of piperidine rings is 1. The molecule has 0 unspecified atom stereocenters. The smallest absolute Gasteiger partial charge is 0.297 e. The van der Waals surface area contributed by atoms with Gasteiger partial charge in [0.15, 0.2) is 17.2 Å². The highest BCUT2D eigenvalue weighted by atomic mass is 32.2. The van der Waals surface area contributed by atoms with Gasteiger partial charge in [-0.2, -0.15) is 0 Å². The number of carbonyl (C=O) groups excluding carboxylic acids is 1. The van der Waals surface area contributed by atoms with Crippen LogP contribution < -0.4 is 33.9 Å². The van der Waals surface area contributed by atoms with E-state index in [0.29, 0.717) is 68.3 Å². The second kappa shape index (κ2) is 21.3. The standard InChI is InChI=1S/C58H67FN8O10S/c1-36(2)43-7-5-6-8-44(43)49-34-64(33-38-9-11-41(74-4)12-10-38)23-24-66(49)40-29-58(30-40)18-21-65(22-19-58)47-27-50(77-42-25-39-15-20-60-55(39)62-32-42)45(26-46(47)59)56(68)63-78(72,73)51-28-48(67(70)71)52(54-53(51)75-35-76-54)61-31-37-13-16-57(3,69)17-14-37/h5-12,15,20,25-28,32,36-37,40,49,61,69H,13-14,16-19,21-24,29-31,33-35H2,1-4H3,(H,60,62)(H,63,68)/t37-,49-,57-/m0/s1. The number of carbonyl (C=O) groups is 1. The predicted octanol–water partition coefficient (Wildman–Crippen LogP) is 10.0. The van der Waals surface area contributed by atoms with E-state index in [0.717, 1.165) is 69.7 Å². The number of nitro benzene ring substituents is 1. The molecule has 20 heteroatoms. The predicted molar refractivity (Wildman–Crippen MR) is 293 cm³/mol. The van der Waals surface area contributed by atoms with E-state index in [9.17, 15) is 28.4 Å². The lowest BCUT2D eigenvalue weighted by atomic mass is 9.59. The second-order valence-electron chi connectivity index (χ2n) is 22.5. The van der Waals surface area contributed by atoms with Gasteiger partial charge in [0.2, 0.25) is 6.79 Å². The van der Waals surface area contributed by atoms with Crippen molar-refractivity contribution in [1.82, 2.24) is 24.5 Å². The summed E-state index contributed by atoms with van der Waals surface area (Å²) in [4.78, 5) is 40.1. The summed E-state index contributed by atoms with van der Waals surface area (Å²) in [5.74, 6) is -1.12. The number of nitrogens with zero attached hydrogens (tertiary/aromatic N) is 5. The molecular weight excluding hydrogens is 1020 g/mol. The van der Waals surface area contributed by atoms with E-state index in [1.54, 1.807) is 32.4 Å². The van der Waals surface area contributed by atoms with Crippen molar-refractivity contribution >= 4 is 44.0 Å². The quantitative estimate of drug-likeness (QED) is 0.0524. The Kier molecular flexibility index (Phi) is 14.5. The maximum Gasteiger partial charge on any atom is 0.297 e. The Balaban J connectivity index is 0.814. The average Bonchev–Trinajstić information content (AvgIpc) is 4.26. The number of aromatic nitrogens is 2. The van der Waals surface area contributed by atoms with E-state index >= 15 is 4.39 Å². The fraction of sp³-hybridized carbons (Fsp3) is 0.448. The average molecular weight is 1090 g/mol. The molecule has 412 valence electrons. The number of sulfonamides is 1. The van der Waals surface area contributed by atoms with Crippen LogP contribution in [0.15, 0.2) is 96.2 Å². The highest BCUT2D eigenvalue weighted by Gasteiger charge is 2.50. The Bertz CT molecular complexity index is 3330. The van der Waals surface area contributed by atoms with E-state index in [1.807, 2.05) is 21.8 Å². The van der Waals surface area contributed by atoms with E-state index < -0.39 is 55.2 Å². The molecule has 2 saturated heterocycles. The number of ether oxygens (including phenoxy) is 4. The van der Waals surface area contributed by atoms with E-state index in [2.05, 4.69) is 75.3 Å². The van der Waals surface area contributed by atoms with Crippen LogP contribution in [-0.2, 0) is 16.6 Å². The largest absolute Gasteiger partial charge is 0.497 e. The van der Waals surface area contributed by atoms with Gasteiger partial charge in [0.05, 0.1) is 35.1 Å². The highest BCUT2D eigenvalue weighted by molar-refractivity contribution is 7.90. The zero-order valence-corrected chi connectivity index (χ0v) is 45.2. The second-order valence-corrected chi connectivity index (χ2v) is 24.2. The summed E-state index contributed by atoms with van der Waals surface area (Å²) in [6.45, 7) is 10.9. The van der Waals surface area contributed by atoms with Gasteiger partial charge in [-0.15, -0.1) is 0 Å². The van der Waals surface area contributed by atoms with Gasteiger partial charge in [-0.1, -0.05) is 50.2 Å². The fourth-order valence-corrected chi connectivity index (χ4v) is 13.6. The first-order chi connectivity index (χ1) is 37.4. The number of nitrogens with one attached hydrogen (secondary N) is 3. The minimum Gasteiger partial charge on any atom is -0.497 e. The van der Waals surface area contributed by atoms with Gasteiger partial charge in [-0.25, -0.2) is 22.5 Å². The lowest BCUT2D eigenvalue weighted by Crippen LogP contribution is -2.60. The summed E-state index contributed by atoms with van der Waals surface area (Å²) in [6, 6.07) is 24.5. The molecule has 4 N–H and O–H groups in total. The third-order valence-corrected chi connectivity index (χ3v) is 18.3. The van der Waals surface area contributed by atoms with Gasteiger partial charge in [0, 0.05) is 81.6 Å². The summed E-state index contributed by atoms with van der Waals surface area (Å²) in [6.07, 6.45) is 9.38. The van der Waals surface area contributed by atoms with Crippen LogP contribution in [-0.4, -0.2) is 109 Å². The summed E-state index contributed by atoms with van der Waals surface area (Å²) >= 11 is 0. The summed E-state index contributed by atoms with van der Waals surface area (Å²) in [5, 5.41) is 26.8. The third-order valence-electron chi connectivity index (χ3n) is 17.0. The van der Waals surface area contributed by atoms with Crippen molar-refractivity contribution in [2.24, 2.45) is 11.3 Å². The number of pyridine rings is 1. The number of halogens is 1. The first-order valence-corrected chi connectivity index (χ1v) is 28.5. The number of fused-ring (bicyclic) bond motifs is 2. The van der Waals surface area contributed by atoms with E-state index in [4.69, 9.17) is 18.9 Å². The van der Waals surface area contributed by atoms with Crippen LogP contribution in [0.1, 0.15) is 111 Å². The number of anilines is 2. The van der Waals surface area contributed by atoms with E-state index in [-0.39, 0.29) is 51.7 Å². The Morgan fingerprint density at radius 3 is 2.45 bits per heavy atom. The number of piperazine rings is 1. The minimum absolute atomic E-state index is 0.0651. The van der Waals surface area contributed by atoms with Crippen LogP contribution in [0.5, 0.6) is 28.7 Å². The number of amides is 1. The number of rotatable bonds is 16. The lowest BCUT2D eigenvalue weighted by molar-refractivity contribution is -0.384. The van der Waals surface area contributed by atoms with Crippen molar-refractivity contribution < 1.29 is 46.6 Å². The van der Waals surface area contributed by atoms with Crippen molar-refractivity contribution in [3.05, 3.63) is 129 Å². The maximum absolute atomic E-state index is 16.7. The number of benzene rings is 4. The molecule has 11 rings (SSSR count). The zero-order chi connectivity index (χ0) is 54.5. The first kappa shape index (κ1) is 53.0. The van der Waals surface area contributed by atoms with Crippen LogP contribution >= 0.6 is 0 Å². The van der Waals surface area contributed by atoms with Crippen molar-refractivity contribution in [2.45, 2.75) is 107 Å². The van der Waals surface area contributed by atoms with Crippen molar-refractivity contribution in [2.75, 3.05) is 63.4 Å². The van der Waals surface area contributed by atoms with Gasteiger partial charge in [-0.05, 0) is 123 Å². The molecule has 5 heterocycles. The molecule has 2 aromatic heterocycles. The Hall–Kier alpha value is -7.00. The topological polar surface area (TPSA) is 214 Å². The molecule has 0 radical (unpaired) electrons. The van der Waals surface area contributed by atoms with Gasteiger partial charge in [-0.3, -0.25) is 24.7 Å². The molecular formula is C58H67FN8O10S. The molecule has 4 fully saturated rings. The molecule has 1 atom stereocenters. The number of hydrogen-bond donors (Lipinski definition) is 4. The Morgan fingerprint density at radius 1 is 0.974 bits per heavy atom. The molecule has 3 aliphatic heterocycles. The van der Waals surface area contributed by atoms with Gasteiger partial charge >= 0.3 is 0 Å². The van der Waals surface area contributed by atoms with Gasteiger partial charge in [0.25, 0.3) is 21.6 Å². The fourth-order valence-electron chi connectivity index (χ4n) is 12.5. The van der Waals surface area contributed by atoms with E-state index in [1.165, 1.54) is 29.0 Å². The number of methoxy groups -OCH3 is 1. The Labute approximate surface area is 453 Å². The first-order valence-electron chi connectivity index (χ1n) is 27.0. The molecule has 18 nitrogen and oxygen atoms in total. The highest BCUT2D eigenvalue weighted by Crippen LogP contribution is 2.54. The minimum atomic E-state index is -4.95. The maximum atomic E-state index is 16.7. The monoisotopic (exact) mass is 1090 g/mol. The summed E-state index contributed by atoms with van der Waals surface area (Å²) in [5.41, 5.74) is 2.99. The molecule has 0 bridgehead atoms. The number of hydrogen-bond acceptors (Lipinski definition) is 15. The van der Waals surface area contributed by atoms with Crippen molar-refractivity contribution in [3.8, 4) is 28.7 Å². The lowest BCUT2D eigenvalue weighted by Gasteiger charge is -2.58. The molecule has 1 amide bonds. The SMILES string of the molecule is COc1ccc(CN2CCN(C3CC4(CCN(c5cc(Oc6cnc7[nH]ccc7c6)c(C(=O)NS(=O)(=O)c6cc([N+](=O)[O-])c(NC[C@H]7CC[C@](C)(O)CC7)c7c6OCO7)cc5F)CC4)C3)[C@H](c3ccccc3C(C)C)C2)cc1. The molecule has 2 saturated carbocycles. The summed E-state index contributed by atoms with van der Waals surface area (Å²) < 4.78 is 70.3. The number of nitro groups is 1. The normalized spacial score (nSPS) is 21.7. The molecule has 5 aliphatic rings. The number of H-pyrrole nitrogens is 1.